The third-order valence-corrected chi connectivity index (χ3v) is 2.71. The van der Waals surface area contributed by atoms with Crippen LogP contribution in [0.2, 0.25) is 0 Å². The number of amides is 1. The topological polar surface area (TPSA) is 54.9 Å². The number of nitrogens with zero attached hydrogens (tertiary/aromatic N) is 2. The fourth-order valence-electron chi connectivity index (χ4n) is 1.32. The molecule has 0 fully saturated rings. The van der Waals surface area contributed by atoms with Crippen molar-refractivity contribution in [1.82, 2.24) is 14.9 Å². The second-order valence-corrected chi connectivity index (χ2v) is 4.31. The van der Waals surface area contributed by atoms with Crippen molar-refractivity contribution in [3.63, 3.8) is 0 Å². The van der Waals surface area contributed by atoms with Gasteiger partial charge in [0.1, 0.15) is 5.52 Å². The van der Waals surface area contributed by atoms with Crippen LogP contribution in [0.5, 0.6) is 0 Å². The maximum absolute atomic E-state index is 11.8. The van der Waals surface area contributed by atoms with Crippen LogP contribution < -0.4 is 5.32 Å². The van der Waals surface area contributed by atoms with Crippen molar-refractivity contribution in [3.05, 3.63) is 23.8 Å². The molecule has 0 saturated heterocycles. The summed E-state index contributed by atoms with van der Waals surface area (Å²) in [6.45, 7) is 3.87. The van der Waals surface area contributed by atoms with E-state index in [1.807, 2.05) is 26.0 Å². The molecule has 0 radical (unpaired) electrons. The van der Waals surface area contributed by atoms with E-state index < -0.39 is 0 Å². The number of aromatic nitrogens is 2. The van der Waals surface area contributed by atoms with E-state index in [0.717, 1.165) is 10.2 Å². The molecular weight excluding hydrogens is 210 g/mol. The first-order chi connectivity index (χ1) is 7.18. The number of carbonyl (C=O) groups excluding carboxylic acids is 1. The second kappa shape index (κ2) is 3.94. The normalized spacial score (nSPS) is 10.9. The average molecular weight is 221 g/mol. The predicted octanol–water partition coefficient (Wildman–Crippen LogP) is 1.83. The van der Waals surface area contributed by atoms with Gasteiger partial charge in [-0.2, -0.15) is 0 Å². The summed E-state index contributed by atoms with van der Waals surface area (Å²) in [5.41, 5.74) is 1.42. The SMILES string of the molecule is CC(C)NC(=O)c1cccc2nnsc12. The van der Waals surface area contributed by atoms with Crippen LogP contribution in [0.4, 0.5) is 0 Å². The van der Waals surface area contributed by atoms with E-state index in [1.165, 1.54) is 11.5 Å². The van der Waals surface area contributed by atoms with Crippen molar-refractivity contribution >= 4 is 27.7 Å². The Morgan fingerprint density at radius 2 is 2.27 bits per heavy atom. The molecule has 0 atom stereocenters. The van der Waals surface area contributed by atoms with Gasteiger partial charge >= 0.3 is 0 Å². The van der Waals surface area contributed by atoms with Crippen molar-refractivity contribution in [2.75, 3.05) is 0 Å². The molecule has 2 aromatic rings. The molecule has 0 saturated carbocycles. The maximum atomic E-state index is 11.8. The molecule has 0 unspecified atom stereocenters. The Kier molecular flexibility index (Phi) is 2.64. The molecule has 0 spiro atoms. The van der Waals surface area contributed by atoms with Gasteiger partial charge in [0, 0.05) is 6.04 Å². The lowest BCUT2D eigenvalue weighted by molar-refractivity contribution is 0.0945. The fourth-order valence-corrected chi connectivity index (χ4v) is 2.00. The predicted molar refractivity (Wildman–Crippen MR) is 60.0 cm³/mol. The molecule has 5 heteroatoms. The zero-order valence-corrected chi connectivity index (χ0v) is 9.34. The molecular formula is C10H11N3OS. The van der Waals surface area contributed by atoms with Crippen LogP contribution in [0, 0.1) is 0 Å². The molecule has 15 heavy (non-hydrogen) atoms. The minimum atomic E-state index is -0.0679. The Morgan fingerprint density at radius 1 is 1.47 bits per heavy atom. The first-order valence-corrected chi connectivity index (χ1v) is 5.48. The largest absolute Gasteiger partial charge is 0.350 e. The highest BCUT2D eigenvalue weighted by Crippen LogP contribution is 2.20. The highest BCUT2D eigenvalue weighted by atomic mass is 32.1. The summed E-state index contributed by atoms with van der Waals surface area (Å²) in [5, 5.41) is 6.78. The quantitative estimate of drug-likeness (QED) is 0.841. The van der Waals surface area contributed by atoms with E-state index in [0.29, 0.717) is 5.56 Å². The summed E-state index contributed by atoms with van der Waals surface area (Å²) in [4.78, 5) is 11.8. The number of benzene rings is 1. The van der Waals surface area contributed by atoms with E-state index in [-0.39, 0.29) is 11.9 Å². The average Bonchev–Trinajstić information content (AvgIpc) is 2.63. The molecule has 1 heterocycles. The molecule has 4 nitrogen and oxygen atoms in total. The van der Waals surface area contributed by atoms with Crippen LogP contribution in [-0.4, -0.2) is 21.5 Å². The Hall–Kier alpha value is -1.49. The van der Waals surface area contributed by atoms with Gasteiger partial charge in [-0.05, 0) is 37.5 Å². The molecule has 1 aromatic heterocycles. The van der Waals surface area contributed by atoms with Crippen molar-refractivity contribution < 1.29 is 4.79 Å². The number of nitrogens with one attached hydrogen (secondary N) is 1. The Labute approximate surface area is 91.5 Å². The molecule has 1 N–H and O–H groups in total. The summed E-state index contributed by atoms with van der Waals surface area (Å²) in [6.07, 6.45) is 0. The lowest BCUT2D eigenvalue weighted by Gasteiger charge is -2.07. The lowest BCUT2D eigenvalue weighted by atomic mass is 10.2. The molecule has 0 aliphatic carbocycles. The molecule has 1 aromatic carbocycles. The highest BCUT2D eigenvalue weighted by Gasteiger charge is 2.12. The molecule has 1 amide bonds. The molecule has 0 aliphatic rings. The van der Waals surface area contributed by atoms with Gasteiger partial charge in [0.25, 0.3) is 5.91 Å². The van der Waals surface area contributed by atoms with Crippen LogP contribution in [0.25, 0.3) is 10.2 Å². The second-order valence-electron chi connectivity index (χ2n) is 3.55. The van der Waals surface area contributed by atoms with Gasteiger partial charge in [-0.1, -0.05) is 10.6 Å². The van der Waals surface area contributed by atoms with E-state index in [9.17, 15) is 4.79 Å². The smallest absolute Gasteiger partial charge is 0.253 e. The Balaban J connectivity index is 2.42. The number of rotatable bonds is 2. The van der Waals surface area contributed by atoms with Gasteiger partial charge in [-0.3, -0.25) is 4.79 Å². The van der Waals surface area contributed by atoms with Gasteiger partial charge < -0.3 is 5.32 Å². The summed E-state index contributed by atoms with van der Waals surface area (Å²) in [7, 11) is 0. The lowest BCUT2D eigenvalue weighted by Crippen LogP contribution is -2.30. The number of hydrogen-bond donors (Lipinski definition) is 1. The molecule has 2 rings (SSSR count). The minimum absolute atomic E-state index is 0.0679. The minimum Gasteiger partial charge on any atom is -0.350 e. The zero-order valence-electron chi connectivity index (χ0n) is 8.52. The number of carbonyl (C=O) groups is 1. The standard InChI is InChI=1S/C10H11N3OS/c1-6(2)11-10(14)7-4-3-5-8-9(7)15-13-12-8/h3-6H,1-2H3,(H,11,14). The Bertz CT molecular complexity index is 492. The van der Waals surface area contributed by atoms with Crippen LogP contribution in [0.3, 0.4) is 0 Å². The van der Waals surface area contributed by atoms with Crippen LogP contribution in [0.15, 0.2) is 18.2 Å². The fraction of sp³-hybridized carbons (Fsp3) is 0.300. The van der Waals surface area contributed by atoms with Crippen LogP contribution >= 0.6 is 11.5 Å². The van der Waals surface area contributed by atoms with Crippen molar-refractivity contribution in [1.29, 1.82) is 0 Å². The van der Waals surface area contributed by atoms with Gasteiger partial charge in [0.15, 0.2) is 0 Å². The summed E-state index contributed by atoms with van der Waals surface area (Å²) >= 11 is 1.25. The number of fused-ring (bicyclic) bond motifs is 1. The Morgan fingerprint density at radius 3 is 3.00 bits per heavy atom. The monoisotopic (exact) mass is 221 g/mol. The first-order valence-electron chi connectivity index (χ1n) is 4.70. The van der Waals surface area contributed by atoms with Gasteiger partial charge in [0.05, 0.1) is 10.3 Å². The van der Waals surface area contributed by atoms with Crippen molar-refractivity contribution in [2.24, 2.45) is 0 Å². The summed E-state index contributed by atoms with van der Waals surface area (Å²) in [5.74, 6) is -0.0679. The highest BCUT2D eigenvalue weighted by molar-refractivity contribution is 7.13. The third-order valence-electron chi connectivity index (χ3n) is 1.94. The zero-order chi connectivity index (χ0) is 10.8. The van der Waals surface area contributed by atoms with Crippen LogP contribution in [0.1, 0.15) is 24.2 Å². The molecule has 0 bridgehead atoms. The van der Waals surface area contributed by atoms with Gasteiger partial charge in [-0.15, -0.1) is 5.10 Å². The van der Waals surface area contributed by atoms with E-state index in [2.05, 4.69) is 14.9 Å². The van der Waals surface area contributed by atoms with Crippen molar-refractivity contribution in [2.45, 2.75) is 19.9 Å². The van der Waals surface area contributed by atoms with Crippen LogP contribution in [-0.2, 0) is 0 Å². The van der Waals surface area contributed by atoms with Gasteiger partial charge in [0.2, 0.25) is 0 Å². The van der Waals surface area contributed by atoms with E-state index in [1.54, 1.807) is 6.07 Å². The summed E-state index contributed by atoms with van der Waals surface area (Å²) < 4.78 is 4.68. The van der Waals surface area contributed by atoms with E-state index >= 15 is 0 Å². The molecule has 0 aliphatic heterocycles. The third kappa shape index (κ3) is 1.97. The number of hydrogen-bond acceptors (Lipinski definition) is 4. The molecule has 78 valence electrons. The maximum Gasteiger partial charge on any atom is 0.253 e. The first kappa shape index (κ1) is 10.0. The summed E-state index contributed by atoms with van der Waals surface area (Å²) in [6, 6.07) is 5.60. The van der Waals surface area contributed by atoms with E-state index in [4.69, 9.17) is 0 Å². The van der Waals surface area contributed by atoms with Crippen molar-refractivity contribution in [3.8, 4) is 0 Å². The van der Waals surface area contributed by atoms with Gasteiger partial charge in [-0.25, -0.2) is 0 Å².